The molecule has 0 bridgehead atoms. The van der Waals surface area contributed by atoms with E-state index in [0.717, 1.165) is 0 Å². The van der Waals surface area contributed by atoms with Gasteiger partial charge in [-0.15, -0.1) is 0 Å². The van der Waals surface area contributed by atoms with Crippen LogP contribution < -0.4 is 24.0 Å². The number of carboxylic acid groups (broad SMARTS) is 2. The molecule has 0 radical (unpaired) electrons. The molecule has 0 fully saturated rings. The first-order valence-electron chi connectivity index (χ1n) is 3.00. The second-order valence-electron chi connectivity index (χ2n) is 1.82. The third-order valence-electron chi connectivity index (χ3n) is 0.651. The first kappa shape index (κ1) is 17.4. The van der Waals surface area contributed by atoms with Crippen LogP contribution in [0.4, 0.5) is 0 Å². The van der Waals surface area contributed by atoms with Gasteiger partial charge in [0.05, 0.1) is 5.97 Å². The largest absolute Gasteiger partial charge is 1.00 e. The summed E-state index contributed by atoms with van der Waals surface area (Å²) in [7, 11) is 0. The van der Waals surface area contributed by atoms with Gasteiger partial charge in [-0.05, 0) is 12.5 Å². The van der Waals surface area contributed by atoms with Crippen molar-refractivity contribution in [2.24, 2.45) is 0 Å². The van der Waals surface area contributed by atoms with Gasteiger partial charge in [-0.1, -0.05) is 13.5 Å². The van der Waals surface area contributed by atoms with Crippen LogP contribution in [0.5, 0.6) is 0 Å². The molecule has 64 valence electrons. The number of aliphatic carboxylic acids is 2. The summed E-state index contributed by atoms with van der Waals surface area (Å²) < 4.78 is 0. The molecule has 0 spiro atoms. The molecule has 0 aliphatic rings. The molecule has 0 aliphatic heterocycles. The zero-order valence-corrected chi connectivity index (χ0v) is 7.59. The topological polar surface area (TPSA) is 77.4 Å². The number of carbonyl (C=O) groups excluding carboxylic acids is 1. The van der Waals surface area contributed by atoms with Crippen LogP contribution in [0.1, 0.15) is 20.3 Å². The van der Waals surface area contributed by atoms with Crippen molar-refractivity contribution in [1.29, 1.82) is 0 Å². The maximum Gasteiger partial charge on any atom is 1.00 e. The van der Waals surface area contributed by atoms with Crippen molar-refractivity contribution >= 4 is 11.9 Å². The van der Waals surface area contributed by atoms with Crippen molar-refractivity contribution in [2.75, 3.05) is 0 Å². The monoisotopic (exact) mass is 166 g/mol. The number of carboxylic acids is 2. The summed E-state index contributed by atoms with van der Waals surface area (Å²) in [5, 5.41) is 17.2. The Kier molecular flexibility index (Phi) is 14.9. The molecule has 0 unspecified atom stereocenters. The fourth-order valence-corrected chi connectivity index (χ4v) is 0. The summed E-state index contributed by atoms with van der Waals surface area (Å²) in [6.45, 7) is 6.08. The van der Waals surface area contributed by atoms with Crippen LogP contribution in [0.3, 0.4) is 0 Å². The Bertz CT molecular complexity index is 153. The van der Waals surface area contributed by atoms with E-state index in [1.165, 1.54) is 6.92 Å². The molecule has 0 saturated heterocycles. The van der Waals surface area contributed by atoms with E-state index in [1.54, 1.807) is 6.92 Å². The molecule has 12 heavy (non-hydrogen) atoms. The average molecular weight is 166 g/mol. The Balaban J connectivity index is -0.000000126. The minimum Gasteiger partial charge on any atom is -0.545 e. The van der Waals surface area contributed by atoms with Gasteiger partial charge in [-0.25, -0.2) is 0 Å². The Morgan fingerprint density at radius 3 is 1.67 bits per heavy atom. The molecule has 0 aromatic rings. The molecule has 0 aliphatic carbocycles. The van der Waals surface area contributed by atoms with Gasteiger partial charge < -0.3 is 15.0 Å². The van der Waals surface area contributed by atoms with Gasteiger partial charge in [-0.2, -0.15) is 0 Å². The van der Waals surface area contributed by atoms with Crippen LogP contribution in [-0.4, -0.2) is 17.0 Å². The van der Waals surface area contributed by atoms with Gasteiger partial charge in [0, 0.05) is 6.42 Å². The van der Waals surface area contributed by atoms with E-state index in [2.05, 4.69) is 6.58 Å². The number of hydrogen-bond donors (Lipinski definition) is 1. The fourth-order valence-electron chi connectivity index (χ4n) is 0. The summed E-state index contributed by atoms with van der Waals surface area (Å²) in [6.07, 6.45) is 0.222. The maximum atomic E-state index is 9.49. The van der Waals surface area contributed by atoms with Crippen LogP contribution in [-0.2, 0) is 9.59 Å². The van der Waals surface area contributed by atoms with E-state index in [9.17, 15) is 14.7 Å². The summed E-state index contributed by atoms with van der Waals surface area (Å²) in [4.78, 5) is 18.9. The van der Waals surface area contributed by atoms with Gasteiger partial charge >= 0.3 is 24.8 Å². The molecule has 0 aromatic heterocycles. The molecule has 0 amide bonds. The van der Waals surface area contributed by atoms with Crippen molar-refractivity contribution in [2.45, 2.75) is 20.3 Å². The number of rotatable bonds is 2. The predicted octanol–water partition coefficient (Wildman–Crippen LogP) is -3.20. The third-order valence-corrected chi connectivity index (χ3v) is 0.651. The fraction of sp³-hybridized carbons (Fsp3) is 0.429. The first-order chi connectivity index (χ1) is 4.91. The Morgan fingerprint density at radius 2 is 1.67 bits per heavy atom. The van der Waals surface area contributed by atoms with Crippen molar-refractivity contribution in [3.63, 3.8) is 0 Å². The van der Waals surface area contributed by atoms with Crippen LogP contribution in [0.15, 0.2) is 12.2 Å². The molecule has 5 heteroatoms. The van der Waals surface area contributed by atoms with Gasteiger partial charge in [0.2, 0.25) is 0 Å². The Morgan fingerprint density at radius 1 is 1.50 bits per heavy atom. The van der Waals surface area contributed by atoms with E-state index in [4.69, 9.17) is 5.11 Å². The van der Waals surface area contributed by atoms with Gasteiger partial charge in [0.1, 0.15) is 0 Å². The number of hydrogen-bond acceptors (Lipinski definition) is 3. The van der Waals surface area contributed by atoms with E-state index in [-0.39, 0.29) is 30.9 Å². The van der Waals surface area contributed by atoms with Crippen molar-refractivity contribution in [3.8, 4) is 0 Å². The van der Waals surface area contributed by atoms with Gasteiger partial charge in [0.25, 0.3) is 0 Å². The molecule has 0 saturated carbocycles. The maximum absolute atomic E-state index is 9.49. The smallest absolute Gasteiger partial charge is 0.545 e. The van der Waals surface area contributed by atoms with Gasteiger partial charge in [0.15, 0.2) is 0 Å². The predicted molar refractivity (Wildman–Crippen MR) is 37.7 cm³/mol. The molecular weight excluding hydrogens is 155 g/mol. The van der Waals surface area contributed by atoms with Crippen LogP contribution in [0, 0.1) is 0 Å². The SMILES string of the molecule is C=C(C)C(=O)[O-].CCC(=O)O.[Li+]. The average Bonchev–Trinajstić information content (AvgIpc) is 1.89. The molecular formula is C7H11LiO4. The molecule has 0 heterocycles. The second-order valence-corrected chi connectivity index (χ2v) is 1.82. The van der Waals surface area contributed by atoms with Crippen LogP contribution in [0.2, 0.25) is 0 Å². The quantitative estimate of drug-likeness (QED) is 0.346. The molecule has 0 atom stereocenters. The minimum absolute atomic E-state index is 0. The van der Waals surface area contributed by atoms with Crippen molar-refractivity contribution < 1.29 is 38.7 Å². The standard InChI is InChI=1S/C4H6O2.C3H6O2.Li/c1-3(2)4(5)6;1-2-3(4)5;/h1H2,2H3,(H,5,6);2H2,1H3,(H,4,5);/q;;+1/p-1. The zero-order valence-electron chi connectivity index (χ0n) is 7.59. The Hall–Kier alpha value is -0.723. The van der Waals surface area contributed by atoms with Crippen molar-refractivity contribution in [1.82, 2.24) is 0 Å². The van der Waals surface area contributed by atoms with E-state index in [0.29, 0.717) is 0 Å². The minimum atomic E-state index is -1.19. The van der Waals surface area contributed by atoms with E-state index in [1.807, 2.05) is 0 Å². The molecule has 0 rings (SSSR count). The summed E-state index contributed by atoms with van der Waals surface area (Å²) >= 11 is 0. The van der Waals surface area contributed by atoms with Crippen molar-refractivity contribution in [3.05, 3.63) is 12.2 Å². The first-order valence-corrected chi connectivity index (χ1v) is 3.00. The molecule has 1 N–H and O–H groups in total. The summed E-state index contributed by atoms with van der Waals surface area (Å²) in [5.41, 5.74) is 0.0648. The summed E-state index contributed by atoms with van der Waals surface area (Å²) in [5.74, 6) is -1.93. The van der Waals surface area contributed by atoms with Gasteiger partial charge in [-0.3, -0.25) is 4.79 Å². The number of carbonyl (C=O) groups is 2. The summed E-state index contributed by atoms with van der Waals surface area (Å²) in [6, 6.07) is 0. The molecule has 0 aromatic carbocycles. The molecule has 4 nitrogen and oxygen atoms in total. The second kappa shape index (κ2) is 10.3. The normalized spacial score (nSPS) is 6.83. The third kappa shape index (κ3) is 22.8. The van der Waals surface area contributed by atoms with E-state index >= 15 is 0 Å². The van der Waals surface area contributed by atoms with E-state index < -0.39 is 11.9 Å². The zero-order chi connectivity index (χ0) is 9.44. The Labute approximate surface area is 83.5 Å². The van der Waals surface area contributed by atoms with Crippen LogP contribution in [0.25, 0.3) is 0 Å². The van der Waals surface area contributed by atoms with Crippen LogP contribution >= 0.6 is 0 Å².